The Labute approximate surface area is 190 Å². The van der Waals surface area contributed by atoms with Crippen LogP contribution in [0.15, 0.2) is 89.6 Å². The van der Waals surface area contributed by atoms with Crippen LogP contribution in [0.2, 0.25) is 0 Å². The molecule has 3 nitrogen and oxygen atoms in total. The average Bonchev–Trinajstić information content (AvgIpc) is 3.21. The van der Waals surface area contributed by atoms with E-state index in [4.69, 9.17) is 8.53 Å². The molecule has 0 aliphatic rings. The topological polar surface area (TPSA) is 29.9 Å². The second-order valence-electron chi connectivity index (χ2n) is 8.25. The summed E-state index contributed by atoms with van der Waals surface area (Å²) >= 11 is 0. The lowest BCUT2D eigenvalue weighted by molar-refractivity contribution is -0.660. The van der Waals surface area contributed by atoms with E-state index in [0.717, 1.165) is 49.5 Å². The van der Waals surface area contributed by atoms with Crippen LogP contribution >= 0.6 is 0 Å². The van der Waals surface area contributed by atoms with Crippen molar-refractivity contribution in [1.29, 1.82) is 0 Å². The highest BCUT2D eigenvalue weighted by atomic mass is 16.3. The van der Waals surface area contributed by atoms with E-state index in [1.165, 1.54) is 0 Å². The molecule has 3 aromatic carbocycles. The van der Waals surface area contributed by atoms with Crippen LogP contribution in [-0.2, 0) is 7.05 Å². The Balaban J connectivity index is 1.62. The van der Waals surface area contributed by atoms with Crippen LogP contribution in [0.5, 0.6) is 0 Å². The number of aromatic nitrogens is 2. The Hall–Kier alpha value is -3.98. The fourth-order valence-electron chi connectivity index (χ4n) is 4.60. The molecule has 3 aromatic heterocycles. The first-order valence-electron chi connectivity index (χ1n) is 12.1. The Bertz CT molecular complexity index is 1750. The number of pyridine rings is 2. The number of aryl methyl sites for hydroxylation is 3. The highest BCUT2D eigenvalue weighted by Gasteiger charge is 2.20. The fraction of sp³-hybridized carbons (Fsp3) is 0.103. The third-order valence-corrected chi connectivity index (χ3v) is 6.20. The third kappa shape index (κ3) is 2.82. The summed E-state index contributed by atoms with van der Waals surface area (Å²) in [6, 6.07) is 24.0. The van der Waals surface area contributed by atoms with Gasteiger partial charge in [0.05, 0.1) is 10.9 Å². The molecule has 6 rings (SSSR count). The van der Waals surface area contributed by atoms with Crippen molar-refractivity contribution in [2.45, 2.75) is 13.8 Å². The number of furan rings is 1. The van der Waals surface area contributed by atoms with Crippen LogP contribution in [0.3, 0.4) is 0 Å². The Kier molecular flexibility index (Phi) is 3.46. The molecule has 0 saturated heterocycles. The summed E-state index contributed by atoms with van der Waals surface area (Å²) in [7, 11) is 1.89. The van der Waals surface area contributed by atoms with E-state index in [1.54, 1.807) is 6.20 Å². The van der Waals surface area contributed by atoms with Crippen LogP contribution in [0, 0.1) is 13.8 Å². The molecule has 32 heavy (non-hydrogen) atoms. The molecule has 0 bridgehead atoms. The molecule has 0 fully saturated rings. The zero-order valence-electron chi connectivity index (χ0n) is 20.9. The molecule has 0 amide bonds. The smallest absolute Gasteiger partial charge is 0.227 e. The minimum atomic E-state index is -2.23. The molecule has 0 spiro atoms. The van der Waals surface area contributed by atoms with Gasteiger partial charge >= 0.3 is 0 Å². The van der Waals surface area contributed by atoms with Crippen molar-refractivity contribution < 1.29 is 13.1 Å². The number of rotatable bonds is 2. The molecular weight excluding hydrogens is 392 g/mol. The van der Waals surface area contributed by atoms with Crippen molar-refractivity contribution in [2.24, 2.45) is 7.05 Å². The van der Waals surface area contributed by atoms with Crippen molar-refractivity contribution in [1.82, 2.24) is 4.98 Å². The molecule has 0 saturated carbocycles. The monoisotopic (exact) mass is 418 g/mol. The van der Waals surface area contributed by atoms with Gasteiger partial charge in [0.1, 0.15) is 12.6 Å². The van der Waals surface area contributed by atoms with Crippen LogP contribution in [-0.4, -0.2) is 4.98 Å². The minimum absolute atomic E-state index is 0.327. The van der Waals surface area contributed by atoms with Gasteiger partial charge in [-0.15, -0.1) is 0 Å². The van der Waals surface area contributed by atoms with Gasteiger partial charge in [-0.1, -0.05) is 54.6 Å². The van der Waals surface area contributed by atoms with E-state index in [9.17, 15) is 0 Å². The maximum absolute atomic E-state index is 8.11. The van der Waals surface area contributed by atoms with Gasteiger partial charge in [0.2, 0.25) is 11.4 Å². The van der Waals surface area contributed by atoms with Crippen molar-refractivity contribution in [3.8, 4) is 22.4 Å². The molecule has 0 aliphatic heterocycles. The lowest BCUT2D eigenvalue weighted by Crippen LogP contribution is -2.31. The zero-order chi connectivity index (χ0) is 24.3. The zero-order valence-corrected chi connectivity index (χ0v) is 17.9. The van der Waals surface area contributed by atoms with Gasteiger partial charge in [-0.25, -0.2) is 9.55 Å². The molecule has 154 valence electrons. The number of fused-ring (bicyclic) bond motifs is 5. The van der Waals surface area contributed by atoms with Crippen LogP contribution in [0.25, 0.3) is 55.2 Å². The quantitative estimate of drug-likeness (QED) is 0.286. The maximum Gasteiger partial charge on any atom is 0.227 e. The summed E-state index contributed by atoms with van der Waals surface area (Å²) < 4.78 is 32.4. The third-order valence-electron chi connectivity index (χ3n) is 6.20. The number of hydrogen-bond acceptors (Lipinski definition) is 2. The largest absolute Gasteiger partial charge is 0.438 e. The molecule has 3 heterocycles. The van der Waals surface area contributed by atoms with Gasteiger partial charge in [0.15, 0.2) is 6.20 Å². The van der Waals surface area contributed by atoms with Crippen LogP contribution in [0.4, 0.5) is 0 Å². The molecular formula is C29H23N2O+. The van der Waals surface area contributed by atoms with Crippen LogP contribution in [0.1, 0.15) is 15.2 Å². The summed E-state index contributed by atoms with van der Waals surface area (Å²) in [5.74, 6) is 0. The second kappa shape index (κ2) is 7.03. The number of hydrogen-bond donors (Lipinski definition) is 0. The van der Waals surface area contributed by atoms with E-state index in [2.05, 4.69) is 30.1 Å². The van der Waals surface area contributed by atoms with Gasteiger partial charge in [0.25, 0.3) is 0 Å². The van der Waals surface area contributed by atoms with Gasteiger partial charge in [-0.05, 0) is 48.0 Å². The first-order valence-corrected chi connectivity index (χ1v) is 10.6. The molecule has 0 aliphatic carbocycles. The molecule has 3 heteroatoms. The summed E-state index contributed by atoms with van der Waals surface area (Å²) in [6.07, 6.45) is 3.56. The lowest BCUT2D eigenvalue weighted by atomic mass is 9.96. The molecule has 0 N–H and O–H groups in total. The standard InChI is InChI=1S/C29H23N2O/c1-18-13-25-27(32-29-28(25)22-12-8-7-11-21(22)16-30-29)15-24(18)26-14-23(19(2)17-31(26)3)20-9-5-4-6-10-20/h4-17H,1-3H3/q+1/i2D3. The highest BCUT2D eigenvalue weighted by molar-refractivity contribution is 6.17. The summed E-state index contributed by atoms with van der Waals surface area (Å²) in [4.78, 5) is 4.55. The summed E-state index contributed by atoms with van der Waals surface area (Å²) in [5.41, 5.74) is 6.24. The predicted molar refractivity (Wildman–Crippen MR) is 131 cm³/mol. The number of benzene rings is 3. The number of nitrogens with zero attached hydrogens (tertiary/aromatic N) is 2. The van der Waals surface area contributed by atoms with Crippen molar-refractivity contribution >= 4 is 32.8 Å². The van der Waals surface area contributed by atoms with Crippen LogP contribution < -0.4 is 4.57 Å². The maximum atomic E-state index is 8.11. The summed E-state index contributed by atoms with van der Waals surface area (Å²) in [6.45, 7) is -0.155. The SMILES string of the molecule is [2H]C([2H])([2H])c1c[n+](C)c(-c2cc3oc4ncc5ccccc5c4c3cc2C)cc1-c1ccccc1. The Morgan fingerprint density at radius 1 is 0.875 bits per heavy atom. The molecule has 0 radical (unpaired) electrons. The molecule has 0 atom stereocenters. The first-order chi connectivity index (χ1) is 16.8. The molecule has 6 aromatic rings. The fourth-order valence-corrected chi connectivity index (χ4v) is 4.60. The molecule has 0 unspecified atom stereocenters. The van der Waals surface area contributed by atoms with Crippen molar-refractivity contribution in [3.63, 3.8) is 0 Å². The van der Waals surface area contributed by atoms with Gasteiger partial charge in [-0.2, -0.15) is 0 Å². The lowest BCUT2D eigenvalue weighted by Gasteiger charge is -2.10. The minimum Gasteiger partial charge on any atom is -0.438 e. The highest BCUT2D eigenvalue weighted by Crippen LogP contribution is 2.37. The summed E-state index contributed by atoms with van der Waals surface area (Å²) in [5, 5.41) is 4.22. The van der Waals surface area contributed by atoms with E-state index in [-0.39, 0.29) is 0 Å². The van der Waals surface area contributed by atoms with Gasteiger partial charge < -0.3 is 4.42 Å². The van der Waals surface area contributed by atoms with E-state index < -0.39 is 6.85 Å². The Morgan fingerprint density at radius 2 is 1.69 bits per heavy atom. The van der Waals surface area contributed by atoms with Gasteiger partial charge in [0, 0.05) is 32.7 Å². The predicted octanol–water partition coefficient (Wildman–Crippen LogP) is 6.91. The van der Waals surface area contributed by atoms with Crippen molar-refractivity contribution in [2.75, 3.05) is 0 Å². The average molecular weight is 419 g/mol. The first kappa shape index (κ1) is 15.8. The van der Waals surface area contributed by atoms with Gasteiger partial charge in [-0.3, -0.25) is 0 Å². The Morgan fingerprint density at radius 3 is 2.53 bits per heavy atom. The normalized spacial score (nSPS) is 13.4. The van der Waals surface area contributed by atoms with E-state index in [1.807, 2.05) is 72.4 Å². The van der Waals surface area contributed by atoms with E-state index in [0.29, 0.717) is 16.8 Å². The van der Waals surface area contributed by atoms with E-state index >= 15 is 0 Å². The second-order valence-corrected chi connectivity index (χ2v) is 8.25. The van der Waals surface area contributed by atoms with Crippen molar-refractivity contribution in [3.05, 3.63) is 96.3 Å².